The Bertz CT molecular complexity index is 291. The summed E-state index contributed by atoms with van der Waals surface area (Å²) in [6.07, 6.45) is 1.39. The van der Waals surface area contributed by atoms with E-state index in [-0.39, 0.29) is 17.4 Å². The normalized spacial score (nSPS) is 24.8. The van der Waals surface area contributed by atoms with Gasteiger partial charge in [0.2, 0.25) is 0 Å². The third kappa shape index (κ3) is 3.51. The first-order valence-corrected chi connectivity index (χ1v) is 5.62. The monoisotopic (exact) mass is 227 g/mol. The molecule has 0 aromatic carbocycles. The molecule has 1 saturated carbocycles. The predicted molar refractivity (Wildman–Crippen MR) is 61.1 cm³/mol. The zero-order valence-electron chi connectivity index (χ0n) is 10.7. The second-order valence-electron chi connectivity index (χ2n) is 5.99. The first kappa shape index (κ1) is 13.0. The van der Waals surface area contributed by atoms with Gasteiger partial charge in [0, 0.05) is 11.5 Å². The Kier molecular flexibility index (Phi) is 3.31. The molecule has 0 aromatic heterocycles. The minimum absolute atomic E-state index is 0.0879. The number of rotatable bonds is 3. The summed E-state index contributed by atoms with van der Waals surface area (Å²) in [7, 11) is 0. The number of hydrogen-bond acceptors (Lipinski definition) is 3. The van der Waals surface area contributed by atoms with E-state index in [1.54, 1.807) is 0 Å². The lowest BCUT2D eigenvalue weighted by Crippen LogP contribution is -2.47. The van der Waals surface area contributed by atoms with Gasteiger partial charge < -0.3 is 14.8 Å². The topological polar surface area (TPSA) is 55.4 Å². The molecular weight excluding hydrogens is 206 g/mol. The van der Waals surface area contributed by atoms with E-state index in [0.29, 0.717) is 0 Å². The number of ether oxygens (including phenoxy) is 1. The van der Waals surface area contributed by atoms with Crippen molar-refractivity contribution in [3.63, 3.8) is 0 Å². The first-order chi connectivity index (χ1) is 7.15. The standard InChI is InChI=1S/C12H21NO3/c1-11(2,3)16-10(15)13-12(4,5)9-6-8(9)7-14/h7-9H,6H2,1-5H3,(H,13,15). The number of carbonyl (C=O) groups is 2. The number of amides is 1. The number of nitrogens with one attached hydrogen (secondary N) is 1. The molecule has 0 aromatic rings. The van der Waals surface area contributed by atoms with Gasteiger partial charge in [0.25, 0.3) is 0 Å². The summed E-state index contributed by atoms with van der Waals surface area (Å²) in [4.78, 5) is 22.2. The summed E-state index contributed by atoms with van der Waals surface area (Å²) in [6, 6.07) is 0. The van der Waals surface area contributed by atoms with E-state index < -0.39 is 11.7 Å². The van der Waals surface area contributed by atoms with Crippen LogP contribution in [0.25, 0.3) is 0 Å². The zero-order valence-corrected chi connectivity index (χ0v) is 10.7. The van der Waals surface area contributed by atoms with Crippen LogP contribution < -0.4 is 5.32 Å². The van der Waals surface area contributed by atoms with Crippen LogP contribution in [0.5, 0.6) is 0 Å². The van der Waals surface area contributed by atoms with Crippen molar-refractivity contribution in [2.24, 2.45) is 11.8 Å². The zero-order chi connectivity index (χ0) is 12.6. The van der Waals surface area contributed by atoms with Gasteiger partial charge in [0.05, 0.1) is 0 Å². The van der Waals surface area contributed by atoms with Gasteiger partial charge >= 0.3 is 6.09 Å². The lowest BCUT2D eigenvalue weighted by molar-refractivity contribution is -0.109. The van der Waals surface area contributed by atoms with Crippen molar-refractivity contribution in [3.8, 4) is 0 Å². The Balaban J connectivity index is 2.47. The highest BCUT2D eigenvalue weighted by molar-refractivity contribution is 5.69. The molecule has 1 aliphatic carbocycles. The summed E-state index contributed by atoms with van der Waals surface area (Å²) in [6.45, 7) is 9.32. The average Bonchev–Trinajstić information content (AvgIpc) is 2.76. The molecule has 16 heavy (non-hydrogen) atoms. The van der Waals surface area contributed by atoms with Gasteiger partial charge in [-0.2, -0.15) is 0 Å². The second kappa shape index (κ2) is 4.07. The fourth-order valence-corrected chi connectivity index (χ4v) is 1.85. The van der Waals surface area contributed by atoms with Crippen molar-refractivity contribution in [2.75, 3.05) is 0 Å². The van der Waals surface area contributed by atoms with Crippen molar-refractivity contribution in [1.82, 2.24) is 5.32 Å². The first-order valence-electron chi connectivity index (χ1n) is 5.62. The van der Waals surface area contributed by atoms with Crippen molar-refractivity contribution in [3.05, 3.63) is 0 Å². The van der Waals surface area contributed by atoms with E-state index in [9.17, 15) is 9.59 Å². The quantitative estimate of drug-likeness (QED) is 0.751. The molecule has 2 unspecified atom stereocenters. The Morgan fingerprint density at radius 3 is 2.25 bits per heavy atom. The van der Waals surface area contributed by atoms with E-state index in [2.05, 4.69) is 5.32 Å². The maximum Gasteiger partial charge on any atom is 0.408 e. The molecule has 0 radical (unpaired) electrons. The van der Waals surface area contributed by atoms with Crippen LogP contribution in [0.4, 0.5) is 4.79 Å². The molecule has 1 amide bonds. The molecule has 0 spiro atoms. The van der Waals surface area contributed by atoms with Crippen LogP contribution >= 0.6 is 0 Å². The summed E-state index contributed by atoms with van der Waals surface area (Å²) in [5, 5.41) is 2.82. The van der Waals surface area contributed by atoms with Crippen LogP contribution in [-0.4, -0.2) is 23.5 Å². The summed E-state index contributed by atoms with van der Waals surface area (Å²) in [5.74, 6) is 0.322. The molecule has 1 fully saturated rings. The van der Waals surface area contributed by atoms with Crippen molar-refractivity contribution in [2.45, 2.75) is 52.2 Å². The van der Waals surface area contributed by atoms with Crippen LogP contribution in [-0.2, 0) is 9.53 Å². The van der Waals surface area contributed by atoms with E-state index in [0.717, 1.165) is 12.7 Å². The Morgan fingerprint density at radius 2 is 1.88 bits per heavy atom. The minimum atomic E-state index is -0.492. The van der Waals surface area contributed by atoms with Gasteiger partial charge in [0.15, 0.2) is 0 Å². The van der Waals surface area contributed by atoms with Crippen molar-refractivity contribution in [1.29, 1.82) is 0 Å². The van der Waals surface area contributed by atoms with Crippen LogP contribution in [0.3, 0.4) is 0 Å². The fraction of sp³-hybridized carbons (Fsp3) is 0.833. The molecule has 0 saturated heterocycles. The van der Waals surface area contributed by atoms with Gasteiger partial charge in [-0.15, -0.1) is 0 Å². The maximum absolute atomic E-state index is 11.6. The van der Waals surface area contributed by atoms with Crippen LogP contribution in [0.1, 0.15) is 41.0 Å². The number of alkyl carbamates (subject to hydrolysis) is 1. The lowest BCUT2D eigenvalue weighted by atomic mass is 9.97. The summed E-state index contributed by atoms with van der Waals surface area (Å²) >= 11 is 0. The molecule has 0 heterocycles. The summed E-state index contributed by atoms with van der Waals surface area (Å²) in [5.41, 5.74) is -0.873. The molecule has 1 rings (SSSR count). The third-order valence-electron chi connectivity index (χ3n) is 2.76. The lowest BCUT2D eigenvalue weighted by Gasteiger charge is -2.28. The van der Waals surface area contributed by atoms with Crippen molar-refractivity contribution < 1.29 is 14.3 Å². The van der Waals surface area contributed by atoms with Gasteiger partial charge in [-0.1, -0.05) is 0 Å². The SMILES string of the molecule is CC(C)(C)OC(=O)NC(C)(C)C1CC1C=O. The van der Waals surface area contributed by atoms with Gasteiger partial charge in [0.1, 0.15) is 11.9 Å². The van der Waals surface area contributed by atoms with Gasteiger partial charge in [-0.05, 0) is 47.0 Å². The molecule has 92 valence electrons. The smallest absolute Gasteiger partial charge is 0.408 e. The Morgan fingerprint density at radius 1 is 1.31 bits per heavy atom. The Labute approximate surface area is 96.7 Å². The van der Waals surface area contributed by atoms with E-state index in [1.807, 2.05) is 34.6 Å². The van der Waals surface area contributed by atoms with E-state index in [1.165, 1.54) is 0 Å². The summed E-state index contributed by atoms with van der Waals surface area (Å²) < 4.78 is 5.18. The number of hydrogen-bond donors (Lipinski definition) is 1. The highest BCUT2D eigenvalue weighted by Crippen LogP contribution is 2.44. The average molecular weight is 227 g/mol. The highest BCUT2D eigenvalue weighted by Gasteiger charge is 2.48. The van der Waals surface area contributed by atoms with Crippen LogP contribution in [0, 0.1) is 11.8 Å². The maximum atomic E-state index is 11.6. The largest absolute Gasteiger partial charge is 0.444 e. The molecule has 4 heteroatoms. The molecule has 2 atom stereocenters. The molecule has 1 N–H and O–H groups in total. The highest BCUT2D eigenvalue weighted by atomic mass is 16.6. The van der Waals surface area contributed by atoms with Crippen molar-refractivity contribution >= 4 is 12.4 Å². The number of carbonyl (C=O) groups excluding carboxylic acids is 2. The third-order valence-corrected chi connectivity index (χ3v) is 2.76. The molecule has 0 aliphatic heterocycles. The van der Waals surface area contributed by atoms with E-state index >= 15 is 0 Å². The van der Waals surface area contributed by atoms with Crippen LogP contribution in [0.15, 0.2) is 0 Å². The predicted octanol–water partition coefficient (Wildman–Crippen LogP) is 2.12. The second-order valence-corrected chi connectivity index (χ2v) is 5.99. The fourth-order valence-electron chi connectivity index (χ4n) is 1.85. The molecular formula is C12H21NO3. The molecule has 0 bridgehead atoms. The Hall–Kier alpha value is -1.06. The number of aldehydes is 1. The van der Waals surface area contributed by atoms with Gasteiger partial charge in [-0.25, -0.2) is 4.79 Å². The van der Waals surface area contributed by atoms with Crippen LogP contribution in [0.2, 0.25) is 0 Å². The van der Waals surface area contributed by atoms with Gasteiger partial charge in [-0.3, -0.25) is 0 Å². The molecule has 1 aliphatic rings. The molecule has 4 nitrogen and oxygen atoms in total. The minimum Gasteiger partial charge on any atom is -0.444 e. The van der Waals surface area contributed by atoms with E-state index in [4.69, 9.17) is 4.74 Å².